The summed E-state index contributed by atoms with van der Waals surface area (Å²) in [6.45, 7) is 11.2. The fraction of sp³-hybridized carbons (Fsp3) is 0.515. The number of nitrogens with zero attached hydrogens (tertiary/aromatic N) is 4. The number of aliphatic hydroxyl groups is 1. The van der Waals surface area contributed by atoms with Crippen molar-refractivity contribution in [1.29, 1.82) is 0 Å². The van der Waals surface area contributed by atoms with Crippen molar-refractivity contribution in [2.45, 2.75) is 78.2 Å². The Kier molecular flexibility index (Phi) is 12.8. The number of carbonyl (C=O) groups is 4. The number of aliphatic hydroxyl groups excluding tert-OH is 1. The molecular weight excluding hydrogens is 612 g/mol. The molecule has 0 radical (unpaired) electrons. The Labute approximate surface area is 275 Å². The third-order valence-corrected chi connectivity index (χ3v) is 6.48. The molecule has 1 N–H and O–H groups in total. The van der Waals surface area contributed by atoms with Crippen LogP contribution in [0, 0.1) is 0 Å². The van der Waals surface area contributed by atoms with Gasteiger partial charge in [0.15, 0.2) is 0 Å². The minimum atomic E-state index is -0.827. The summed E-state index contributed by atoms with van der Waals surface area (Å²) < 4.78 is 26.3. The van der Waals surface area contributed by atoms with Crippen LogP contribution in [0.5, 0.6) is 0 Å². The van der Waals surface area contributed by atoms with E-state index in [4.69, 9.17) is 23.7 Å². The van der Waals surface area contributed by atoms with Crippen LogP contribution < -0.4 is 0 Å². The minimum absolute atomic E-state index is 0.00461. The second-order valence-electron chi connectivity index (χ2n) is 12.9. The third-order valence-electron chi connectivity index (χ3n) is 6.48. The highest BCUT2D eigenvalue weighted by molar-refractivity contribution is 5.76. The average Bonchev–Trinajstić information content (AvgIpc) is 3.63. The highest BCUT2D eigenvalue weighted by Gasteiger charge is 2.41. The second-order valence-corrected chi connectivity index (χ2v) is 12.9. The van der Waals surface area contributed by atoms with Crippen LogP contribution in [0.25, 0.3) is 0 Å². The van der Waals surface area contributed by atoms with Gasteiger partial charge in [-0.1, -0.05) is 60.7 Å². The van der Waals surface area contributed by atoms with E-state index in [1.54, 1.807) is 41.5 Å². The Balaban J connectivity index is 0.000000256. The zero-order chi connectivity index (χ0) is 34.8. The first-order valence-electron chi connectivity index (χ1n) is 15.2. The molecule has 2 unspecified atom stereocenters. The van der Waals surface area contributed by atoms with Gasteiger partial charge in [0.25, 0.3) is 0 Å². The van der Waals surface area contributed by atoms with Crippen LogP contribution in [0.3, 0.4) is 0 Å². The molecule has 4 amide bonds. The van der Waals surface area contributed by atoms with E-state index in [1.807, 2.05) is 60.7 Å². The van der Waals surface area contributed by atoms with E-state index in [9.17, 15) is 24.3 Å². The first kappa shape index (κ1) is 36.9. The van der Waals surface area contributed by atoms with Gasteiger partial charge in [-0.05, 0) is 52.7 Å². The molecule has 2 saturated heterocycles. The van der Waals surface area contributed by atoms with E-state index in [0.717, 1.165) is 21.1 Å². The fourth-order valence-electron chi connectivity index (χ4n) is 4.35. The first-order valence-corrected chi connectivity index (χ1v) is 15.2. The lowest BCUT2D eigenvalue weighted by atomic mass is 10.2. The Morgan fingerprint density at radius 2 is 0.957 bits per heavy atom. The van der Waals surface area contributed by atoms with Crippen LogP contribution >= 0.6 is 0 Å². The van der Waals surface area contributed by atoms with Gasteiger partial charge >= 0.3 is 24.4 Å². The smallest absolute Gasteiger partial charge is 0.429 e. The zero-order valence-corrected chi connectivity index (χ0v) is 28.1. The number of β-amino-alcohol motifs (C(OH)–C–C–N with tert-alkyl or cyclic N) is 1. The van der Waals surface area contributed by atoms with Gasteiger partial charge < -0.3 is 28.8 Å². The molecule has 0 saturated carbocycles. The summed E-state index contributed by atoms with van der Waals surface area (Å²) >= 11 is 0. The normalized spacial score (nSPS) is 17.9. The standard InChI is InChI=1S/C17H24N2O5.C16H22N2O5/c1-17(2,3)24-16(21)19-11-14(22-4)10-18(19)15(20)23-12-13-8-6-5-7-9-13;1-16(2,3)23-15(21)18-10-13(19)9-17(18)14(20)22-11-12-7-5-4-6-8-12/h5-9,14H,10-12H2,1-4H3;4-8,13,19H,9-11H2,1-3H3. The summed E-state index contributed by atoms with van der Waals surface area (Å²) in [7, 11) is 1.54. The van der Waals surface area contributed by atoms with Crippen LogP contribution in [0.4, 0.5) is 19.2 Å². The van der Waals surface area contributed by atoms with Crippen molar-refractivity contribution in [2.24, 2.45) is 0 Å². The van der Waals surface area contributed by atoms with Gasteiger partial charge in [0.05, 0.1) is 38.4 Å². The number of hydrazine groups is 2. The number of methoxy groups -OCH3 is 1. The van der Waals surface area contributed by atoms with Gasteiger partial charge in [-0.15, -0.1) is 0 Å². The Morgan fingerprint density at radius 1 is 0.617 bits per heavy atom. The third kappa shape index (κ3) is 12.0. The van der Waals surface area contributed by atoms with Crippen molar-refractivity contribution in [3.8, 4) is 0 Å². The van der Waals surface area contributed by atoms with E-state index >= 15 is 0 Å². The average molecular weight is 659 g/mol. The van der Waals surface area contributed by atoms with Gasteiger partial charge in [-0.2, -0.15) is 0 Å². The quantitative estimate of drug-likeness (QED) is 0.437. The van der Waals surface area contributed by atoms with Crippen LogP contribution in [0.15, 0.2) is 60.7 Å². The van der Waals surface area contributed by atoms with Crippen LogP contribution in [-0.4, -0.2) is 106 Å². The highest BCUT2D eigenvalue weighted by Crippen LogP contribution is 2.20. The van der Waals surface area contributed by atoms with Crippen molar-refractivity contribution in [3.63, 3.8) is 0 Å². The topological polar surface area (TPSA) is 148 Å². The summed E-state index contributed by atoms with van der Waals surface area (Å²) in [6, 6.07) is 18.6. The lowest BCUT2D eigenvalue weighted by Crippen LogP contribution is -2.47. The van der Waals surface area contributed by atoms with Crippen LogP contribution in [-0.2, 0) is 36.9 Å². The summed E-state index contributed by atoms with van der Waals surface area (Å²) in [5.41, 5.74) is 0.369. The van der Waals surface area contributed by atoms with E-state index < -0.39 is 41.7 Å². The summed E-state index contributed by atoms with van der Waals surface area (Å²) in [4.78, 5) is 49.0. The molecule has 2 aromatic rings. The predicted molar refractivity (Wildman–Crippen MR) is 169 cm³/mol. The van der Waals surface area contributed by atoms with Crippen molar-refractivity contribution in [1.82, 2.24) is 20.0 Å². The lowest BCUT2D eigenvalue weighted by Gasteiger charge is -2.29. The molecule has 2 fully saturated rings. The van der Waals surface area contributed by atoms with Gasteiger partial charge in [0.1, 0.15) is 24.4 Å². The summed E-state index contributed by atoms with van der Waals surface area (Å²) in [6.07, 6.45) is -3.70. The summed E-state index contributed by atoms with van der Waals surface area (Å²) in [5, 5.41) is 14.4. The molecule has 47 heavy (non-hydrogen) atoms. The van der Waals surface area contributed by atoms with Crippen molar-refractivity contribution < 1.29 is 48.0 Å². The monoisotopic (exact) mass is 658 g/mol. The maximum atomic E-state index is 12.4. The number of hydrogen-bond donors (Lipinski definition) is 1. The molecule has 2 atom stereocenters. The predicted octanol–water partition coefficient (Wildman–Crippen LogP) is 4.96. The SMILES string of the molecule is CC(C)(C)OC(=O)N1CC(O)CN1C(=O)OCc1ccccc1.COC1CN(C(=O)OCc2ccccc2)N(C(=O)OC(C)(C)C)C1. The summed E-state index contributed by atoms with van der Waals surface area (Å²) in [5.74, 6) is 0. The number of rotatable bonds is 5. The molecular formula is C33H46N4O10. The largest absolute Gasteiger partial charge is 0.443 e. The van der Waals surface area contributed by atoms with Crippen LogP contribution in [0.2, 0.25) is 0 Å². The number of amides is 4. The van der Waals surface area contributed by atoms with E-state index in [-0.39, 0.29) is 45.5 Å². The molecule has 14 heteroatoms. The van der Waals surface area contributed by atoms with Crippen molar-refractivity contribution in [3.05, 3.63) is 71.8 Å². The molecule has 0 bridgehead atoms. The Bertz CT molecular complexity index is 1330. The maximum absolute atomic E-state index is 12.4. The van der Waals surface area contributed by atoms with Crippen LogP contribution in [0.1, 0.15) is 52.7 Å². The number of hydrogen-bond acceptors (Lipinski definition) is 10. The van der Waals surface area contributed by atoms with Gasteiger partial charge in [0, 0.05) is 7.11 Å². The molecule has 0 spiro atoms. The van der Waals surface area contributed by atoms with E-state index in [2.05, 4.69) is 0 Å². The van der Waals surface area contributed by atoms with Gasteiger partial charge in [-0.3, -0.25) is 0 Å². The Hall–Kier alpha value is -4.56. The van der Waals surface area contributed by atoms with Gasteiger partial charge in [-0.25, -0.2) is 39.2 Å². The Morgan fingerprint density at radius 3 is 1.32 bits per heavy atom. The first-order chi connectivity index (χ1) is 22.1. The minimum Gasteiger partial charge on any atom is -0.443 e. The fourth-order valence-corrected chi connectivity index (χ4v) is 4.35. The second kappa shape index (κ2) is 16.3. The van der Waals surface area contributed by atoms with Gasteiger partial charge in [0.2, 0.25) is 0 Å². The van der Waals surface area contributed by atoms with Crippen molar-refractivity contribution >= 4 is 24.4 Å². The molecule has 14 nitrogen and oxygen atoms in total. The number of ether oxygens (including phenoxy) is 5. The highest BCUT2D eigenvalue weighted by atomic mass is 16.6. The maximum Gasteiger partial charge on any atom is 0.429 e. The molecule has 2 aliphatic rings. The molecule has 0 aliphatic carbocycles. The molecule has 2 aromatic carbocycles. The van der Waals surface area contributed by atoms with E-state index in [1.165, 1.54) is 17.1 Å². The molecule has 4 rings (SSSR count). The molecule has 0 aromatic heterocycles. The number of benzene rings is 2. The lowest BCUT2D eigenvalue weighted by molar-refractivity contribution is -0.0268. The number of carbonyl (C=O) groups excluding carboxylic acids is 4. The molecule has 258 valence electrons. The molecule has 2 heterocycles. The van der Waals surface area contributed by atoms with Crippen molar-refractivity contribution in [2.75, 3.05) is 33.3 Å². The van der Waals surface area contributed by atoms with E-state index in [0.29, 0.717) is 0 Å². The zero-order valence-electron chi connectivity index (χ0n) is 28.1. The molecule has 2 aliphatic heterocycles.